The van der Waals surface area contributed by atoms with Gasteiger partial charge in [-0.2, -0.15) is 0 Å². The van der Waals surface area contributed by atoms with Gasteiger partial charge in [0.05, 0.1) is 11.8 Å². The highest BCUT2D eigenvalue weighted by Gasteiger charge is 2.27. The van der Waals surface area contributed by atoms with Gasteiger partial charge in [-0.1, -0.05) is 12.1 Å². The summed E-state index contributed by atoms with van der Waals surface area (Å²) in [4.78, 5) is 0.292. The highest BCUT2D eigenvalue weighted by Crippen LogP contribution is 2.29. The van der Waals surface area contributed by atoms with E-state index in [4.69, 9.17) is 0 Å². The summed E-state index contributed by atoms with van der Waals surface area (Å²) in [5.74, 6) is 0.421. The van der Waals surface area contributed by atoms with E-state index in [9.17, 15) is 13.5 Å². The van der Waals surface area contributed by atoms with Crippen molar-refractivity contribution in [2.75, 3.05) is 26.0 Å². The average Bonchev–Trinajstić information content (AvgIpc) is 2.33. The van der Waals surface area contributed by atoms with Crippen LogP contribution in [-0.4, -0.2) is 44.6 Å². The Morgan fingerprint density at radius 2 is 1.95 bits per heavy atom. The molecule has 106 valence electrons. The Morgan fingerprint density at radius 1 is 1.32 bits per heavy atom. The quantitative estimate of drug-likeness (QED) is 0.850. The summed E-state index contributed by atoms with van der Waals surface area (Å²) < 4.78 is 25.6. The number of benzene rings is 1. The zero-order chi connectivity index (χ0) is 14.0. The first-order chi connectivity index (χ1) is 8.91. The highest BCUT2D eigenvalue weighted by molar-refractivity contribution is 7.89. The predicted molar refractivity (Wildman–Crippen MR) is 74.5 cm³/mol. The second-order valence-electron chi connectivity index (χ2n) is 5.16. The number of hydrogen-bond acceptors (Lipinski definition) is 4. The van der Waals surface area contributed by atoms with E-state index in [1.165, 1.54) is 18.4 Å². The Balaban J connectivity index is 2.13. The number of para-hydroxylation sites is 1. The molecule has 0 unspecified atom stereocenters. The van der Waals surface area contributed by atoms with E-state index < -0.39 is 10.0 Å². The van der Waals surface area contributed by atoms with Crippen LogP contribution in [-0.2, 0) is 10.0 Å². The topological polar surface area (TPSA) is 69.6 Å². The molecule has 1 aliphatic rings. The van der Waals surface area contributed by atoms with Gasteiger partial charge < -0.3 is 10.4 Å². The van der Waals surface area contributed by atoms with Gasteiger partial charge in [-0.05, 0) is 30.9 Å². The zero-order valence-electron chi connectivity index (χ0n) is 11.2. The normalized spacial score (nSPS) is 23.2. The second kappa shape index (κ2) is 5.48. The third-order valence-electron chi connectivity index (χ3n) is 3.44. The molecular weight excluding hydrogens is 264 g/mol. The number of aliphatic hydroxyl groups is 1. The standard InChI is InChI=1S/C13H20N2O3S/c1-15(2)19(17,18)13-6-4-3-5-12(13)14-9-10-7-11(16)8-10/h3-6,10-11,14,16H,7-9H2,1-2H3. The number of nitrogens with zero attached hydrogens (tertiary/aromatic N) is 1. The van der Waals surface area contributed by atoms with Crippen molar-refractivity contribution in [3.05, 3.63) is 24.3 Å². The van der Waals surface area contributed by atoms with Gasteiger partial charge in [0.25, 0.3) is 0 Å². The van der Waals surface area contributed by atoms with Crippen LogP contribution in [0, 0.1) is 5.92 Å². The van der Waals surface area contributed by atoms with Crippen molar-refractivity contribution in [2.45, 2.75) is 23.8 Å². The van der Waals surface area contributed by atoms with Crippen LogP contribution in [0.1, 0.15) is 12.8 Å². The van der Waals surface area contributed by atoms with Gasteiger partial charge in [0, 0.05) is 20.6 Å². The van der Waals surface area contributed by atoms with Crippen molar-refractivity contribution in [1.82, 2.24) is 4.31 Å². The molecule has 0 bridgehead atoms. The maximum absolute atomic E-state index is 12.2. The Labute approximate surface area is 114 Å². The van der Waals surface area contributed by atoms with Gasteiger partial charge in [0.2, 0.25) is 10.0 Å². The van der Waals surface area contributed by atoms with Gasteiger partial charge in [-0.3, -0.25) is 0 Å². The van der Waals surface area contributed by atoms with E-state index in [0.29, 0.717) is 23.0 Å². The summed E-state index contributed by atoms with van der Waals surface area (Å²) in [5, 5.41) is 12.4. The van der Waals surface area contributed by atoms with E-state index in [1.807, 2.05) is 6.07 Å². The van der Waals surface area contributed by atoms with Gasteiger partial charge in [-0.25, -0.2) is 12.7 Å². The molecule has 0 amide bonds. The van der Waals surface area contributed by atoms with Crippen LogP contribution in [0.3, 0.4) is 0 Å². The number of anilines is 1. The lowest BCUT2D eigenvalue weighted by Crippen LogP contribution is -2.33. The van der Waals surface area contributed by atoms with Crippen LogP contribution in [0.2, 0.25) is 0 Å². The van der Waals surface area contributed by atoms with E-state index >= 15 is 0 Å². The summed E-state index contributed by atoms with van der Waals surface area (Å²) in [6, 6.07) is 6.90. The number of hydrogen-bond donors (Lipinski definition) is 2. The molecule has 6 heteroatoms. The maximum atomic E-state index is 12.2. The summed E-state index contributed by atoms with van der Waals surface area (Å²) >= 11 is 0. The van der Waals surface area contributed by atoms with Crippen LogP contribution < -0.4 is 5.32 Å². The molecule has 0 radical (unpaired) electrons. The first kappa shape index (κ1) is 14.3. The SMILES string of the molecule is CN(C)S(=O)(=O)c1ccccc1NCC1CC(O)C1. The summed E-state index contributed by atoms with van der Waals surface area (Å²) in [6.45, 7) is 0.691. The third-order valence-corrected chi connectivity index (χ3v) is 5.31. The fraction of sp³-hybridized carbons (Fsp3) is 0.538. The molecule has 0 spiro atoms. The van der Waals surface area contributed by atoms with E-state index in [-0.39, 0.29) is 6.10 Å². The largest absolute Gasteiger partial charge is 0.393 e. The molecule has 1 fully saturated rings. The Bertz CT molecular complexity index is 537. The molecule has 1 saturated carbocycles. The minimum Gasteiger partial charge on any atom is -0.393 e. The molecule has 5 nitrogen and oxygen atoms in total. The lowest BCUT2D eigenvalue weighted by atomic mass is 9.82. The van der Waals surface area contributed by atoms with Crippen molar-refractivity contribution in [3.63, 3.8) is 0 Å². The highest BCUT2D eigenvalue weighted by atomic mass is 32.2. The minimum atomic E-state index is -3.43. The predicted octanol–water partition coefficient (Wildman–Crippen LogP) is 1.12. The van der Waals surface area contributed by atoms with Crippen LogP contribution in [0.4, 0.5) is 5.69 Å². The minimum absolute atomic E-state index is 0.187. The molecule has 19 heavy (non-hydrogen) atoms. The van der Waals surface area contributed by atoms with Crippen LogP contribution in [0.15, 0.2) is 29.2 Å². The van der Waals surface area contributed by atoms with Crippen molar-refractivity contribution < 1.29 is 13.5 Å². The zero-order valence-corrected chi connectivity index (χ0v) is 12.0. The Hall–Kier alpha value is -1.11. The molecule has 1 aromatic rings. The summed E-state index contributed by atoms with van der Waals surface area (Å²) in [7, 11) is -0.389. The number of nitrogens with one attached hydrogen (secondary N) is 1. The molecule has 0 saturated heterocycles. The molecule has 0 aliphatic heterocycles. The lowest BCUT2D eigenvalue weighted by molar-refractivity contribution is 0.0486. The van der Waals surface area contributed by atoms with Crippen molar-refractivity contribution in [3.8, 4) is 0 Å². The molecule has 1 aliphatic carbocycles. The molecule has 2 rings (SSSR count). The molecule has 0 heterocycles. The second-order valence-corrected chi connectivity index (χ2v) is 7.28. The lowest BCUT2D eigenvalue weighted by Gasteiger charge is -2.32. The van der Waals surface area contributed by atoms with E-state index in [2.05, 4.69) is 5.32 Å². The first-order valence-corrected chi connectivity index (χ1v) is 7.78. The number of sulfonamides is 1. The average molecular weight is 284 g/mol. The van der Waals surface area contributed by atoms with E-state index in [1.54, 1.807) is 18.2 Å². The van der Waals surface area contributed by atoms with Gasteiger partial charge in [0.1, 0.15) is 4.90 Å². The fourth-order valence-corrected chi connectivity index (χ4v) is 3.22. The van der Waals surface area contributed by atoms with Crippen molar-refractivity contribution in [1.29, 1.82) is 0 Å². The first-order valence-electron chi connectivity index (χ1n) is 6.34. The summed E-state index contributed by atoms with van der Waals surface area (Å²) in [5.41, 5.74) is 0.623. The van der Waals surface area contributed by atoms with Gasteiger partial charge in [-0.15, -0.1) is 0 Å². The molecule has 1 aromatic carbocycles. The summed E-state index contributed by atoms with van der Waals surface area (Å²) in [6.07, 6.45) is 1.39. The molecule has 0 aromatic heterocycles. The third kappa shape index (κ3) is 3.08. The molecule has 2 N–H and O–H groups in total. The van der Waals surface area contributed by atoms with Crippen molar-refractivity contribution >= 4 is 15.7 Å². The molecule has 0 atom stereocenters. The number of rotatable bonds is 5. The smallest absolute Gasteiger partial charge is 0.244 e. The Morgan fingerprint density at radius 3 is 2.53 bits per heavy atom. The maximum Gasteiger partial charge on any atom is 0.244 e. The molecular formula is C13H20N2O3S. The van der Waals surface area contributed by atoms with Gasteiger partial charge >= 0.3 is 0 Å². The van der Waals surface area contributed by atoms with E-state index in [0.717, 1.165) is 12.8 Å². The Kier molecular flexibility index (Phi) is 4.13. The monoisotopic (exact) mass is 284 g/mol. The van der Waals surface area contributed by atoms with Crippen LogP contribution >= 0.6 is 0 Å². The van der Waals surface area contributed by atoms with Gasteiger partial charge in [0.15, 0.2) is 0 Å². The van der Waals surface area contributed by atoms with Crippen LogP contribution in [0.5, 0.6) is 0 Å². The number of aliphatic hydroxyl groups excluding tert-OH is 1. The van der Waals surface area contributed by atoms with Crippen LogP contribution in [0.25, 0.3) is 0 Å². The fourth-order valence-electron chi connectivity index (χ4n) is 2.16. The van der Waals surface area contributed by atoms with Crippen molar-refractivity contribution in [2.24, 2.45) is 5.92 Å².